The number of benzene rings is 3. The summed E-state index contributed by atoms with van der Waals surface area (Å²) in [7, 11) is 0. The summed E-state index contributed by atoms with van der Waals surface area (Å²) in [5, 5.41) is 27.1. The van der Waals surface area contributed by atoms with Crippen molar-refractivity contribution in [2.45, 2.75) is 57.0 Å². The first-order valence-corrected chi connectivity index (χ1v) is 14.5. The average Bonchev–Trinajstić information content (AvgIpc) is 3.46. The van der Waals surface area contributed by atoms with Crippen molar-refractivity contribution >= 4 is 17.7 Å². The summed E-state index contributed by atoms with van der Waals surface area (Å²) >= 11 is 0. The maximum Gasteiger partial charge on any atom is 0.435 e. The Kier molecular flexibility index (Phi) is 8.64. The first kappa shape index (κ1) is 32.2. The van der Waals surface area contributed by atoms with Crippen molar-refractivity contribution in [2.75, 3.05) is 11.9 Å². The van der Waals surface area contributed by atoms with Crippen LogP contribution in [0.2, 0.25) is 0 Å². The molecule has 9 nitrogen and oxygen atoms in total. The molecular weight excluding hydrogens is 599 g/mol. The highest BCUT2D eigenvalue weighted by atomic mass is 19.4. The zero-order valence-electron chi connectivity index (χ0n) is 25.4. The largest absolute Gasteiger partial charge is 0.444 e. The van der Waals surface area contributed by atoms with Crippen LogP contribution < -0.4 is 5.32 Å². The third-order valence-corrected chi connectivity index (χ3v) is 7.46. The molecule has 4 aromatic rings. The Morgan fingerprint density at radius 1 is 1.07 bits per heavy atom. The van der Waals surface area contributed by atoms with E-state index in [1.807, 2.05) is 36.4 Å². The number of nitrogens with one attached hydrogen (secondary N) is 1. The minimum Gasteiger partial charge on any atom is -0.444 e. The van der Waals surface area contributed by atoms with Gasteiger partial charge in [0.1, 0.15) is 16.9 Å². The molecule has 0 aliphatic heterocycles. The van der Waals surface area contributed by atoms with Crippen molar-refractivity contribution < 1.29 is 32.6 Å². The molecule has 2 amide bonds. The number of hydrogen-bond donors (Lipinski definition) is 2. The standard InChI is InChI=1S/C34H32F3N5O4/c1-32(2,3)46-31(44)41(16-15-22-9-5-4-6-10-22)29-20-33(29,45)24-12-8-13-25(18-24)39-30(43)27-19-28(34(35,36)37)40-42(27)26-14-7-11-23(17-26)21-38/h4-14,17-19,29,45H,15-16,20H2,1-3H3,(H,39,43). The quantitative estimate of drug-likeness (QED) is 0.231. The van der Waals surface area contributed by atoms with Crippen LogP contribution in [-0.2, 0) is 22.9 Å². The second kappa shape index (κ2) is 12.3. The Labute approximate surface area is 263 Å². The van der Waals surface area contributed by atoms with Gasteiger partial charge in [0.15, 0.2) is 5.69 Å². The molecule has 1 aliphatic carbocycles. The van der Waals surface area contributed by atoms with E-state index in [1.54, 1.807) is 32.9 Å². The second-order valence-corrected chi connectivity index (χ2v) is 12.1. The molecule has 1 heterocycles. The highest BCUT2D eigenvalue weighted by Crippen LogP contribution is 2.50. The molecule has 1 fully saturated rings. The summed E-state index contributed by atoms with van der Waals surface area (Å²) in [5.74, 6) is -0.889. The maximum atomic E-state index is 13.6. The van der Waals surface area contributed by atoms with Gasteiger partial charge in [-0.1, -0.05) is 48.5 Å². The van der Waals surface area contributed by atoms with E-state index in [1.165, 1.54) is 41.3 Å². The number of anilines is 1. The highest BCUT2D eigenvalue weighted by molar-refractivity contribution is 6.03. The minimum absolute atomic E-state index is 0.0984. The number of aliphatic hydroxyl groups is 1. The SMILES string of the molecule is CC(C)(C)OC(=O)N(CCc1ccccc1)C1CC1(O)c1cccc(NC(=O)c2cc(C(F)(F)F)nn2-c2cccc(C#N)c2)c1. The number of nitrogens with zero attached hydrogens (tertiary/aromatic N) is 4. The first-order chi connectivity index (χ1) is 21.7. The summed E-state index contributed by atoms with van der Waals surface area (Å²) < 4.78 is 47.3. The summed E-state index contributed by atoms with van der Waals surface area (Å²) in [4.78, 5) is 28.1. The summed E-state index contributed by atoms with van der Waals surface area (Å²) in [6.07, 6.45) is -4.64. The lowest BCUT2D eigenvalue weighted by atomic mass is 10.1. The summed E-state index contributed by atoms with van der Waals surface area (Å²) in [6.45, 7) is 5.57. The van der Waals surface area contributed by atoms with Crippen molar-refractivity contribution in [2.24, 2.45) is 0 Å². The fourth-order valence-electron chi connectivity index (χ4n) is 5.15. The van der Waals surface area contributed by atoms with Crippen molar-refractivity contribution in [3.05, 3.63) is 113 Å². The van der Waals surface area contributed by atoms with Crippen LogP contribution in [0.25, 0.3) is 5.69 Å². The smallest absolute Gasteiger partial charge is 0.435 e. The third kappa shape index (κ3) is 7.21. The molecule has 2 N–H and O–H groups in total. The van der Waals surface area contributed by atoms with Gasteiger partial charge in [0, 0.05) is 24.7 Å². The Morgan fingerprint density at radius 3 is 2.46 bits per heavy atom. The van der Waals surface area contributed by atoms with Gasteiger partial charge in [0.25, 0.3) is 5.91 Å². The topological polar surface area (TPSA) is 120 Å². The molecule has 46 heavy (non-hydrogen) atoms. The van der Waals surface area contributed by atoms with Gasteiger partial charge < -0.3 is 20.1 Å². The van der Waals surface area contributed by atoms with Gasteiger partial charge in [0.05, 0.1) is 23.4 Å². The minimum atomic E-state index is -4.82. The predicted octanol–water partition coefficient (Wildman–Crippen LogP) is 6.45. The molecule has 3 aromatic carbocycles. The van der Waals surface area contributed by atoms with Crippen molar-refractivity contribution in [3.8, 4) is 11.8 Å². The molecular formula is C34H32F3N5O4. The number of amides is 2. The fourth-order valence-corrected chi connectivity index (χ4v) is 5.15. The van der Waals surface area contributed by atoms with E-state index >= 15 is 0 Å². The van der Waals surface area contributed by atoms with E-state index in [2.05, 4.69) is 10.4 Å². The van der Waals surface area contributed by atoms with Gasteiger partial charge in [-0.2, -0.15) is 23.5 Å². The molecule has 0 bridgehead atoms. The number of halogens is 3. The molecule has 0 spiro atoms. The molecule has 1 aliphatic rings. The Hall–Kier alpha value is -5.15. The van der Waals surface area contributed by atoms with Crippen LogP contribution in [0, 0.1) is 11.3 Å². The van der Waals surface area contributed by atoms with Gasteiger partial charge >= 0.3 is 12.3 Å². The number of carbonyl (C=O) groups is 2. The van der Waals surface area contributed by atoms with Crippen LogP contribution in [0.3, 0.4) is 0 Å². The van der Waals surface area contributed by atoms with Gasteiger partial charge in [-0.3, -0.25) is 4.79 Å². The van der Waals surface area contributed by atoms with Gasteiger partial charge in [-0.05, 0) is 68.7 Å². The molecule has 12 heteroatoms. The zero-order chi connectivity index (χ0) is 33.3. The van der Waals surface area contributed by atoms with Crippen molar-refractivity contribution in [1.82, 2.24) is 14.7 Å². The summed E-state index contributed by atoms with van der Waals surface area (Å²) in [6, 6.07) is 23.5. The predicted molar refractivity (Wildman–Crippen MR) is 163 cm³/mol. The van der Waals surface area contributed by atoms with E-state index in [0.29, 0.717) is 24.6 Å². The van der Waals surface area contributed by atoms with E-state index in [-0.39, 0.29) is 23.4 Å². The van der Waals surface area contributed by atoms with Gasteiger partial charge in [-0.15, -0.1) is 0 Å². The number of carbonyl (C=O) groups excluding carboxylic acids is 2. The Bertz CT molecular complexity index is 1790. The molecule has 2 unspecified atom stereocenters. The number of ether oxygens (including phenoxy) is 1. The number of alkyl halides is 3. The number of aromatic nitrogens is 2. The van der Waals surface area contributed by atoms with E-state index in [4.69, 9.17) is 4.74 Å². The number of hydrogen-bond acceptors (Lipinski definition) is 6. The lowest BCUT2D eigenvalue weighted by Crippen LogP contribution is -2.42. The summed E-state index contributed by atoms with van der Waals surface area (Å²) in [5.41, 5.74) is -1.98. The molecule has 0 saturated heterocycles. The monoisotopic (exact) mass is 631 g/mol. The van der Waals surface area contributed by atoms with Crippen LogP contribution in [0.4, 0.5) is 23.7 Å². The van der Waals surface area contributed by atoms with Crippen LogP contribution >= 0.6 is 0 Å². The molecule has 5 rings (SSSR count). The van der Waals surface area contributed by atoms with Crippen LogP contribution in [0.1, 0.15) is 60.1 Å². The molecule has 238 valence electrons. The van der Waals surface area contributed by atoms with E-state index in [9.17, 15) is 33.1 Å². The second-order valence-electron chi connectivity index (χ2n) is 12.1. The maximum absolute atomic E-state index is 13.6. The van der Waals surface area contributed by atoms with E-state index in [0.717, 1.165) is 10.2 Å². The third-order valence-electron chi connectivity index (χ3n) is 7.46. The number of rotatable bonds is 8. The van der Waals surface area contributed by atoms with Crippen LogP contribution in [0.15, 0.2) is 84.9 Å². The Morgan fingerprint density at radius 2 is 1.78 bits per heavy atom. The molecule has 0 radical (unpaired) electrons. The van der Waals surface area contributed by atoms with E-state index < -0.39 is 46.8 Å². The highest BCUT2D eigenvalue weighted by Gasteiger charge is 2.59. The molecule has 1 saturated carbocycles. The van der Waals surface area contributed by atoms with Gasteiger partial charge in [-0.25, -0.2) is 9.48 Å². The first-order valence-electron chi connectivity index (χ1n) is 14.5. The van der Waals surface area contributed by atoms with Crippen molar-refractivity contribution in [1.29, 1.82) is 5.26 Å². The lowest BCUT2D eigenvalue weighted by molar-refractivity contribution is -0.141. The molecule has 1 aromatic heterocycles. The Balaban J connectivity index is 1.39. The van der Waals surface area contributed by atoms with Crippen LogP contribution in [0.5, 0.6) is 0 Å². The van der Waals surface area contributed by atoms with Crippen molar-refractivity contribution in [3.63, 3.8) is 0 Å². The average molecular weight is 632 g/mol. The zero-order valence-corrected chi connectivity index (χ0v) is 25.4. The lowest BCUT2D eigenvalue weighted by Gasteiger charge is -2.29. The fraction of sp³-hybridized carbons (Fsp3) is 0.294. The molecule has 2 atom stereocenters. The number of nitriles is 1. The van der Waals surface area contributed by atoms with Crippen LogP contribution in [-0.4, -0.2) is 50.0 Å². The normalized spacial score (nSPS) is 17.6. The van der Waals surface area contributed by atoms with Gasteiger partial charge in [0.2, 0.25) is 0 Å².